The Kier molecular flexibility index (Phi) is 11.0. The molecule has 0 fully saturated rings. The number of aromatic nitrogens is 1. The molecule has 0 saturated heterocycles. The van der Waals surface area contributed by atoms with Crippen molar-refractivity contribution in [3.63, 3.8) is 0 Å². The molecule has 6 nitrogen and oxygen atoms in total. The Morgan fingerprint density at radius 2 is 1.39 bits per heavy atom. The zero-order chi connectivity index (χ0) is 22.0. The standard InChI is InChI=1S/C18H23N3O3.2C2H6/c1-11(22)14-8-13-9-16(12(2)23)19-17(13)10-15(14)18(24)21(5)7-6-20(3)4;2*1-2/h8-10,19H,6-7H2,1-5H3;2*1-2H3. The molecule has 1 aromatic heterocycles. The smallest absolute Gasteiger partial charge is 0.254 e. The zero-order valence-electron chi connectivity index (χ0n) is 18.8. The van der Waals surface area contributed by atoms with Gasteiger partial charge in [0.2, 0.25) is 0 Å². The summed E-state index contributed by atoms with van der Waals surface area (Å²) in [5.41, 5.74) is 1.87. The first kappa shape index (κ1) is 25.5. The number of H-pyrrole nitrogens is 1. The summed E-state index contributed by atoms with van der Waals surface area (Å²) in [6.07, 6.45) is 0. The lowest BCUT2D eigenvalue weighted by Gasteiger charge is -2.20. The monoisotopic (exact) mass is 389 g/mol. The zero-order valence-corrected chi connectivity index (χ0v) is 18.8. The van der Waals surface area contributed by atoms with Gasteiger partial charge in [-0.3, -0.25) is 14.4 Å². The molecule has 156 valence electrons. The molecule has 0 saturated carbocycles. The Bertz CT molecular complexity index is 807. The molecule has 0 spiro atoms. The number of rotatable bonds is 6. The molecule has 0 aliphatic heterocycles. The summed E-state index contributed by atoms with van der Waals surface area (Å²) in [5, 5.41) is 0.748. The summed E-state index contributed by atoms with van der Waals surface area (Å²) in [5.74, 6) is -0.471. The van der Waals surface area contributed by atoms with Gasteiger partial charge in [-0.15, -0.1) is 0 Å². The molecule has 6 heteroatoms. The molecule has 2 aromatic rings. The molecule has 28 heavy (non-hydrogen) atoms. The second-order valence-electron chi connectivity index (χ2n) is 6.31. The van der Waals surface area contributed by atoms with Crippen LogP contribution in [0.4, 0.5) is 0 Å². The number of Topliss-reactive ketones (excluding diaryl/α,β-unsaturated/α-hetero) is 2. The van der Waals surface area contributed by atoms with E-state index in [4.69, 9.17) is 0 Å². The molecule has 0 bridgehead atoms. The van der Waals surface area contributed by atoms with E-state index in [1.807, 2.05) is 46.7 Å². The minimum absolute atomic E-state index is 0.0912. The average molecular weight is 390 g/mol. The van der Waals surface area contributed by atoms with Crippen LogP contribution in [-0.2, 0) is 0 Å². The number of benzene rings is 1. The van der Waals surface area contributed by atoms with Gasteiger partial charge in [0.25, 0.3) is 5.91 Å². The molecule has 1 amide bonds. The normalized spacial score (nSPS) is 9.93. The van der Waals surface area contributed by atoms with Gasteiger partial charge in [-0.1, -0.05) is 27.7 Å². The second-order valence-corrected chi connectivity index (χ2v) is 6.31. The van der Waals surface area contributed by atoms with Crippen LogP contribution in [0.5, 0.6) is 0 Å². The van der Waals surface area contributed by atoms with Gasteiger partial charge in [-0.05, 0) is 39.2 Å². The van der Waals surface area contributed by atoms with Gasteiger partial charge in [0.1, 0.15) is 0 Å². The number of hydrogen-bond donors (Lipinski definition) is 1. The van der Waals surface area contributed by atoms with E-state index in [0.717, 1.165) is 11.9 Å². The van der Waals surface area contributed by atoms with E-state index in [1.165, 1.54) is 13.8 Å². The van der Waals surface area contributed by atoms with E-state index < -0.39 is 0 Å². The first-order chi connectivity index (χ1) is 13.2. The van der Waals surface area contributed by atoms with Crippen LogP contribution in [0.2, 0.25) is 0 Å². The maximum atomic E-state index is 12.7. The number of likely N-dealkylation sites (N-methyl/N-ethyl adjacent to an activating group) is 2. The van der Waals surface area contributed by atoms with Crippen molar-refractivity contribution in [2.24, 2.45) is 0 Å². The number of amides is 1. The van der Waals surface area contributed by atoms with E-state index in [9.17, 15) is 14.4 Å². The second kappa shape index (κ2) is 12.1. The van der Waals surface area contributed by atoms with Crippen LogP contribution in [0, 0.1) is 0 Å². The summed E-state index contributed by atoms with van der Waals surface area (Å²) in [4.78, 5) is 42.9. The van der Waals surface area contributed by atoms with E-state index in [-0.39, 0.29) is 17.5 Å². The summed E-state index contributed by atoms with van der Waals surface area (Å²) < 4.78 is 0. The Labute approximate surface area is 168 Å². The highest BCUT2D eigenvalue weighted by atomic mass is 16.2. The highest BCUT2D eigenvalue weighted by molar-refractivity contribution is 6.11. The van der Waals surface area contributed by atoms with Crippen molar-refractivity contribution >= 4 is 28.4 Å². The molecule has 0 unspecified atom stereocenters. The number of nitrogens with zero attached hydrogens (tertiary/aromatic N) is 2. The number of carbonyl (C=O) groups is 3. The Hall–Kier alpha value is -2.47. The average Bonchev–Trinajstić information content (AvgIpc) is 3.11. The van der Waals surface area contributed by atoms with Crippen LogP contribution in [-0.4, -0.2) is 66.5 Å². The van der Waals surface area contributed by atoms with Gasteiger partial charge < -0.3 is 14.8 Å². The number of aromatic amines is 1. The minimum Gasteiger partial charge on any atom is -0.352 e. The van der Waals surface area contributed by atoms with Gasteiger partial charge in [-0.2, -0.15) is 0 Å². The first-order valence-corrected chi connectivity index (χ1v) is 9.79. The fourth-order valence-corrected chi connectivity index (χ4v) is 2.50. The van der Waals surface area contributed by atoms with E-state index in [0.29, 0.717) is 28.9 Å². The van der Waals surface area contributed by atoms with Crippen molar-refractivity contribution in [3.05, 3.63) is 35.0 Å². The van der Waals surface area contributed by atoms with Gasteiger partial charge in [-0.25, -0.2) is 0 Å². The maximum absolute atomic E-state index is 12.7. The lowest BCUT2D eigenvalue weighted by atomic mass is 10.0. The summed E-state index contributed by atoms with van der Waals surface area (Å²) >= 11 is 0. The Balaban J connectivity index is 0.00000171. The molecule has 0 radical (unpaired) electrons. The van der Waals surface area contributed by atoms with E-state index >= 15 is 0 Å². The van der Waals surface area contributed by atoms with Gasteiger partial charge in [0.15, 0.2) is 11.6 Å². The molecule has 2 rings (SSSR count). The van der Waals surface area contributed by atoms with Gasteiger partial charge in [0, 0.05) is 43.5 Å². The van der Waals surface area contributed by atoms with E-state index in [1.54, 1.807) is 30.1 Å². The van der Waals surface area contributed by atoms with Crippen molar-refractivity contribution in [2.75, 3.05) is 34.2 Å². The molecule has 1 aromatic carbocycles. The third kappa shape index (κ3) is 6.60. The van der Waals surface area contributed by atoms with Crippen LogP contribution in [0.1, 0.15) is 72.7 Å². The minimum atomic E-state index is -0.206. The van der Waals surface area contributed by atoms with Crippen LogP contribution >= 0.6 is 0 Å². The number of nitrogens with one attached hydrogen (secondary N) is 1. The Morgan fingerprint density at radius 1 is 0.821 bits per heavy atom. The van der Waals surface area contributed by atoms with Crippen molar-refractivity contribution in [1.29, 1.82) is 0 Å². The fraction of sp³-hybridized carbons (Fsp3) is 0.500. The third-order valence-corrected chi connectivity index (χ3v) is 3.98. The molecular weight excluding hydrogens is 354 g/mol. The summed E-state index contributed by atoms with van der Waals surface area (Å²) in [7, 11) is 5.59. The van der Waals surface area contributed by atoms with Crippen LogP contribution in [0.25, 0.3) is 10.9 Å². The highest BCUT2D eigenvalue weighted by Gasteiger charge is 2.20. The molecule has 1 heterocycles. The molecular formula is C22H35N3O3. The molecule has 0 aliphatic rings. The largest absolute Gasteiger partial charge is 0.352 e. The topological polar surface area (TPSA) is 73.5 Å². The van der Waals surface area contributed by atoms with Crippen molar-refractivity contribution in [2.45, 2.75) is 41.5 Å². The van der Waals surface area contributed by atoms with Crippen LogP contribution in [0.15, 0.2) is 18.2 Å². The number of carbonyl (C=O) groups excluding carboxylic acids is 3. The van der Waals surface area contributed by atoms with Crippen molar-refractivity contribution in [1.82, 2.24) is 14.8 Å². The van der Waals surface area contributed by atoms with Crippen LogP contribution < -0.4 is 0 Å². The number of ketones is 2. The lowest BCUT2D eigenvalue weighted by molar-refractivity contribution is 0.0781. The summed E-state index contributed by atoms with van der Waals surface area (Å²) in [6, 6.07) is 5.04. The summed E-state index contributed by atoms with van der Waals surface area (Å²) in [6.45, 7) is 12.2. The molecule has 1 N–H and O–H groups in total. The number of hydrogen-bond acceptors (Lipinski definition) is 4. The molecule has 0 atom stereocenters. The lowest BCUT2D eigenvalue weighted by Crippen LogP contribution is -2.34. The Morgan fingerprint density at radius 3 is 1.86 bits per heavy atom. The van der Waals surface area contributed by atoms with Gasteiger partial charge in [0.05, 0.1) is 11.3 Å². The van der Waals surface area contributed by atoms with Crippen molar-refractivity contribution in [3.8, 4) is 0 Å². The quantitative estimate of drug-likeness (QED) is 0.749. The predicted molar refractivity (Wildman–Crippen MR) is 117 cm³/mol. The SMILES string of the molecule is CC.CC.CC(=O)c1cc2cc(C(C)=O)c(C(=O)N(C)CCN(C)C)cc2[nH]1. The third-order valence-electron chi connectivity index (χ3n) is 3.98. The van der Waals surface area contributed by atoms with Crippen molar-refractivity contribution < 1.29 is 14.4 Å². The number of fused-ring (bicyclic) bond motifs is 1. The van der Waals surface area contributed by atoms with Crippen LogP contribution in [0.3, 0.4) is 0 Å². The first-order valence-electron chi connectivity index (χ1n) is 9.79. The molecule has 0 aliphatic carbocycles. The maximum Gasteiger partial charge on any atom is 0.254 e. The highest BCUT2D eigenvalue weighted by Crippen LogP contribution is 2.23. The van der Waals surface area contributed by atoms with E-state index in [2.05, 4.69) is 4.98 Å². The fourth-order valence-electron chi connectivity index (χ4n) is 2.50. The van der Waals surface area contributed by atoms with Gasteiger partial charge >= 0.3 is 0 Å². The predicted octanol–water partition coefficient (Wildman–Crippen LogP) is 4.26.